The van der Waals surface area contributed by atoms with Gasteiger partial charge < -0.3 is 4.57 Å². The second kappa shape index (κ2) is 10.1. The van der Waals surface area contributed by atoms with E-state index in [0.29, 0.717) is 0 Å². The highest BCUT2D eigenvalue weighted by atomic mass is 32.1. The van der Waals surface area contributed by atoms with Gasteiger partial charge in [-0.25, -0.2) is 0 Å². The van der Waals surface area contributed by atoms with Crippen LogP contribution in [0.4, 0.5) is 0 Å². The van der Waals surface area contributed by atoms with Gasteiger partial charge in [-0.15, -0.1) is 11.3 Å². The zero-order valence-corrected chi connectivity index (χ0v) is 24.8. The number of rotatable bonds is 4. The van der Waals surface area contributed by atoms with E-state index in [0.717, 1.165) is 0 Å². The molecule has 0 atom stereocenters. The molecule has 2 heteroatoms. The second-order valence-corrected chi connectivity index (χ2v) is 12.5. The smallest absolute Gasteiger partial charge is 0.0541 e. The molecule has 0 aliphatic heterocycles. The lowest BCUT2D eigenvalue weighted by Gasteiger charge is -2.10. The maximum Gasteiger partial charge on any atom is 0.0541 e. The molecule has 0 bridgehead atoms. The maximum absolute atomic E-state index is 2.39. The standard InChI is InChI=1S/C42H27NS/c1-2-9-28(10-3-1)29-17-21-34(22-18-29)43-39-15-6-4-13-35(39)37-26-32(19-23-40(37)43)30-11-8-12-31(25-30)33-20-24-42-38(27-33)36-14-5-7-16-41(36)44-42/h1-27H. The van der Waals surface area contributed by atoms with Crippen molar-refractivity contribution in [2.24, 2.45) is 0 Å². The number of hydrogen-bond acceptors (Lipinski definition) is 1. The summed E-state index contributed by atoms with van der Waals surface area (Å²) in [7, 11) is 0. The Hall–Kier alpha value is -5.44. The van der Waals surface area contributed by atoms with Crippen molar-refractivity contribution in [2.75, 3.05) is 0 Å². The molecule has 0 unspecified atom stereocenters. The molecular weight excluding hydrogens is 551 g/mol. The largest absolute Gasteiger partial charge is 0.309 e. The summed E-state index contributed by atoms with van der Waals surface area (Å²) in [5.74, 6) is 0. The normalized spacial score (nSPS) is 11.6. The fraction of sp³-hybridized carbons (Fsp3) is 0. The molecule has 9 aromatic rings. The average molecular weight is 578 g/mol. The number of aromatic nitrogens is 1. The summed E-state index contributed by atoms with van der Waals surface area (Å²) in [6.45, 7) is 0. The summed E-state index contributed by atoms with van der Waals surface area (Å²) >= 11 is 1.87. The summed E-state index contributed by atoms with van der Waals surface area (Å²) in [5, 5.41) is 5.20. The Morgan fingerprint density at radius 2 is 0.864 bits per heavy atom. The molecule has 0 aliphatic rings. The van der Waals surface area contributed by atoms with Gasteiger partial charge in [-0.3, -0.25) is 0 Å². The summed E-state index contributed by atoms with van der Waals surface area (Å²) in [4.78, 5) is 0. The van der Waals surface area contributed by atoms with Crippen molar-refractivity contribution in [2.45, 2.75) is 0 Å². The van der Waals surface area contributed by atoms with Gasteiger partial charge in [-0.2, -0.15) is 0 Å². The van der Waals surface area contributed by atoms with E-state index in [1.54, 1.807) is 0 Å². The van der Waals surface area contributed by atoms with E-state index >= 15 is 0 Å². The second-order valence-electron chi connectivity index (χ2n) is 11.4. The molecule has 7 aromatic carbocycles. The number of hydrogen-bond donors (Lipinski definition) is 0. The fourth-order valence-corrected chi connectivity index (χ4v) is 7.73. The lowest BCUT2D eigenvalue weighted by Crippen LogP contribution is -1.93. The van der Waals surface area contributed by atoms with Crippen LogP contribution in [0.2, 0.25) is 0 Å². The SMILES string of the molecule is c1ccc(-c2ccc(-n3c4ccccc4c4cc(-c5cccc(-c6ccc7sc8ccccc8c7c6)c5)ccc43)cc2)cc1. The summed E-state index contributed by atoms with van der Waals surface area (Å²) in [5.41, 5.74) is 11.0. The van der Waals surface area contributed by atoms with E-state index in [1.165, 1.54) is 81.0 Å². The first-order chi connectivity index (χ1) is 21.8. The Morgan fingerprint density at radius 1 is 0.318 bits per heavy atom. The third-order valence-corrected chi connectivity index (χ3v) is 9.96. The topological polar surface area (TPSA) is 4.93 Å². The van der Waals surface area contributed by atoms with Gasteiger partial charge in [0.25, 0.3) is 0 Å². The zero-order valence-electron chi connectivity index (χ0n) is 23.9. The first-order valence-electron chi connectivity index (χ1n) is 15.0. The highest BCUT2D eigenvalue weighted by molar-refractivity contribution is 7.25. The molecule has 2 heterocycles. The number of fused-ring (bicyclic) bond motifs is 6. The molecule has 2 aromatic heterocycles. The summed E-state index contributed by atoms with van der Waals surface area (Å²) < 4.78 is 5.07. The predicted molar refractivity (Wildman–Crippen MR) is 190 cm³/mol. The van der Waals surface area contributed by atoms with Crippen molar-refractivity contribution >= 4 is 53.3 Å². The van der Waals surface area contributed by atoms with Gasteiger partial charge in [0, 0.05) is 36.6 Å². The molecule has 9 rings (SSSR count). The van der Waals surface area contributed by atoms with Crippen LogP contribution in [-0.4, -0.2) is 4.57 Å². The molecule has 0 saturated carbocycles. The number of thiophene rings is 1. The van der Waals surface area contributed by atoms with Gasteiger partial charge >= 0.3 is 0 Å². The van der Waals surface area contributed by atoms with E-state index in [1.807, 2.05) is 11.3 Å². The highest BCUT2D eigenvalue weighted by Gasteiger charge is 2.14. The monoisotopic (exact) mass is 577 g/mol. The van der Waals surface area contributed by atoms with Crippen molar-refractivity contribution in [3.63, 3.8) is 0 Å². The Balaban J connectivity index is 1.14. The van der Waals surface area contributed by atoms with Gasteiger partial charge in [0.1, 0.15) is 0 Å². The Bertz CT molecular complexity index is 2480. The summed E-state index contributed by atoms with van der Waals surface area (Å²) in [6.07, 6.45) is 0. The van der Waals surface area contributed by atoms with Gasteiger partial charge in [0.15, 0.2) is 0 Å². The van der Waals surface area contributed by atoms with E-state index in [9.17, 15) is 0 Å². The molecule has 1 nitrogen and oxygen atoms in total. The van der Waals surface area contributed by atoms with E-state index in [4.69, 9.17) is 0 Å². The molecule has 44 heavy (non-hydrogen) atoms. The van der Waals surface area contributed by atoms with Crippen molar-refractivity contribution < 1.29 is 0 Å². The van der Waals surface area contributed by atoms with Gasteiger partial charge in [0.05, 0.1) is 11.0 Å². The van der Waals surface area contributed by atoms with Crippen molar-refractivity contribution in [3.05, 3.63) is 164 Å². The molecule has 206 valence electrons. The Labute approximate surface area is 259 Å². The minimum absolute atomic E-state index is 1.17. The van der Waals surface area contributed by atoms with Gasteiger partial charge in [-0.05, 0) is 88.0 Å². The highest BCUT2D eigenvalue weighted by Crippen LogP contribution is 2.38. The van der Waals surface area contributed by atoms with E-state index in [2.05, 4.69) is 168 Å². The molecule has 0 saturated heterocycles. The maximum atomic E-state index is 2.39. The minimum atomic E-state index is 1.17. The van der Waals surface area contributed by atoms with Crippen LogP contribution in [0.1, 0.15) is 0 Å². The third-order valence-electron chi connectivity index (χ3n) is 8.81. The number of nitrogens with zero attached hydrogens (tertiary/aromatic N) is 1. The zero-order chi connectivity index (χ0) is 29.0. The molecular formula is C42H27NS. The molecule has 0 fully saturated rings. The molecule has 0 N–H and O–H groups in total. The molecule has 0 amide bonds. The average Bonchev–Trinajstić information content (AvgIpc) is 3.64. The Morgan fingerprint density at radius 3 is 1.68 bits per heavy atom. The lowest BCUT2D eigenvalue weighted by molar-refractivity contribution is 1.18. The van der Waals surface area contributed by atoms with Crippen LogP contribution in [0.25, 0.3) is 81.0 Å². The van der Waals surface area contributed by atoms with Crippen LogP contribution in [0, 0.1) is 0 Å². The van der Waals surface area contributed by atoms with Crippen molar-refractivity contribution in [1.29, 1.82) is 0 Å². The van der Waals surface area contributed by atoms with Crippen molar-refractivity contribution in [3.8, 4) is 39.1 Å². The predicted octanol–water partition coefficient (Wildman–Crippen LogP) is 12.2. The molecule has 0 aliphatic carbocycles. The van der Waals surface area contributed by atoms with Gasteiger partial charge in [-0.1, -0.05) is 109 Å². The molecule has 0 radical (unpaired) electrons. The number of benzene rings is 7. The van der Waals surface area contributed by atoms with Crippen molar-refractivity contribution in [1.82, 2.24) is 4.57 Å². The summed E-state index contributed by atoms with van der Waals surface area (Å²) in [6, 6.07) is 59.7. The quantitative estimate of drug-likeness (QED) is 0.196. The number of para-hydroxylation sites is 1. The first kappa shape index (κ1) is 25.1. The first-order valence-corrected chi connectivity index (χ1v) is 15.8. The Kier molecular flexibility index (Phi) is 5.75. The van der Waals surface area contributed by atoms with Crippen LogP contribution in [0.15, 0.2) is 164 Å². The van der Waals surface area contributed by atoms with Crippen LogP contribution in [-0.2, 0) is 0 Å². The van der Waals surface area contributed by atoms with E-state index < -0.39 is 0 Å². The molecule has 0 spiro atoms. The van der Waals surface area contributed by atoms with Gasteiger partial charge in [0.2, 0.25) is 0 Å². The minimum Gasteiger partial charge on any atom is -0.309 e. The third kappa shape index (κ3) is 4.07. The lowest BCUT2D eigenvalue weighted by atomic mass is 9.97. The van der Waals surface area contributed by atoms with Crippen LogP contribution < -0.4 is 0 Å². The van der Waals surface area contributed by atoms with Crippen LogP contribution in [0.5, 0.6) is 0 Å². The van der Waals surface area contributed by atoms with E-state index in [-0.39, 0.29) is 0 Å². The van der Waals surface area contributed by atoms with Crippen LogP contribution in [0.3, 0.4) is 0 Å². The fourth-order valence-electron chi connectivity index (χ4n) is 6.65. The van der Waals surface area contributed by atoms with Crippen LogP contribution >= 0.6 is 11.3 Å².